The average Bonchev–Trinajstić information content (AvgIpc) is 2.43. The van der Waals surface area contributed by atoms with Crippen LogP contribution in [0.15, 0.2) is 24.3 Å². The zero-order valence-electron chi connectivity index (χ0n) is 13.3. The number of anilines is 1. The topological polar surface area (TPSA) is 70.2 Å². The molecule has 1 aromatic rings. The first-order valence-electron chi connectivity index (χ1n) is 7.45. The molecule has 1 rings (SSSR count). The van der Waals surface area contributed by atoms with E-state index < -0.39 is 10.2 Å². The monoisotopic (exact) mass is 313 g/mol. The van der Waals surface area contributed by atoms with Crippen LogP contribution in [-0.2, 0) is 10.2 Å². The molecule has 0 saturated carbocycles. The highest BCUT2D eigenvalue weighted by molar-refractivity contribution is 7.90. The largest absolute Gasteiger partial charge is 0.310 e. The maximum atomic E-state index is 12.1. The molecule has 0 bridgehead atoms. The SMILES string of the molecule is CCCNC(C)c1ccccc1NS(=O)(=O)NCC(C)C. The molecule has 0 heterocycles. The van der Waals surface area contributed by atoms with Gasteiger partial charge in [0.15, 0.2) is 0 Å². The summed E-state index contributed by atoms with van der Waals surface area (Å²) in [5.41, 5.74) is 1.56. The molecule has 1 unspecified atom stereocenters. The van der Waals surface area contributed by atoms with Gasteiger partial charge < -0.3 is 5.32 Å². The summed E-state index contributed by atoms with van der Waals surface area (Å²) in [6, 6.07) is 7.56. The van der Waals surface area contributed by atoms with E-state index in [1.807, 2.05) is 39.0 Å². The Kier molecular flexibility index (Phi) is 7.14. The highest BCUT2D eigenvalue weighted by Gasteiger charge is 2.15. The van der Waals surface area contributed by atoms with Crippen molar-refractivity contribution in [3.8, 4) is 0 Å². The van der Waals surface area contributed by atoms with Gasteiger partial charge in [-0.1, -0.05) is 39.0 Å². The van der Waals surface area contributed by atoms with E-state index in [0.29, 0.717) is 12.2 Å². The standard InChI is InChI=1S/C15H27N3O2S/c1-5-10-16-13(4)14-8-6-7-9-15(14)18-21(19,20)17-11-12(2)3/h6-9,12-13,16-18H,5,10-11H2,1-4H3. The van der Waals surface area contributed by atoms with E-state index in [9.17, 15) is 8.42 Å². The number of para-hydroxylation sites is 1. The minimum atomic E-state index is -3.53. The van der Waals surface area contributed by atoms with Crippen LogP contribution in [-0.4, -0.2) is 21.5 Å². The lowest BCUT2D eigenvalue weighted by molar-refractivity contribution is 0.563. The lowest BCUT2D eigenvalue weighted by Crippen LogP contribution is -2.33. The summed E-state index contributed by atoms with van der Waals surface area (Å²) in [6.07, 6.45) is 1.04. The second kappa shape index (κ2) is 8.36. The molecule has 1 aromatic carbocycles. The molecular formula is C15H27N3O2S. The molecule has 0 saturated heterocycles. The maximum absolute atomic E-state index is 12.1. The van der Waals surface area contributed by atoms with Crippen molar-refractivity contribution in [3.05, 3.63) is 29.8 Å². The first-order chi connectivity index (χ1) is 9.85. The Morgan fingerprint density at radius 1 is 1.14 bits per heavy atom. The summed E-state index contributed by atoms with van der Waals surface area (Å²) in [6.45, 7) is 9.38. The fraction of sp³-hybridized carbons (Fsp3) is 0.600. The molecule has 3 N–H and O–H groups in total. The van der Waals surface area contributed by atoms with Gasteiger partial charge in [0.1, 0.15) is 0 Å². The van der Waals surface area contributed by atoms with Gasteiger partial charge in [-0.3, -0.25) is 4.72 Å². The van der Waals surface area contributed by atoms with Gasteiger partial charge in [0.05, 0.1) is 5.69 Å². The number of nitrogens with one attached hydrogen (secondary N) is 3. The first kappa shape index (κ1) is 17.9. The second-order valence-corrected chi connectivity index (χ2v) is 7.11. The molecule has 0 aliphatic heterocycles. The van der Waals surface area contributed by atoms with E-state index in [1.54, 1.807) is 6.07 Å². The van der Waals surface area contributed by atoms with Crippen LogP contribution in [0.4, 0.5) is 5.69 Å². The van der Waals surface area contributed by atoms with Crippen LogP contribution in [0.5, 0.6) is 0 Å². The van der Waals surface area contributed by atoms with Gasteiger partial charge in [0.25, 0.3) is 10.2 Å². The van der Waals surface area contributed by atoms with E-state index in [4.69, 9.17) is 0 Å². The summed E-state index contributed by atoms with van der Waals surface area (Å²) in [5, 5.41) is 3.37. The summed E-state index contributed by atoms with van der Waals surface area (Å²) in [7, 11) is -3.53. The average molecular weight is 313 g/mol. The van der Waals surface area contributed by atoms with Gasteiger partial charge >= 0.3 is 0 Å². The molecule has 0 amide bonds. The fourth-order valence-electron chi connectivity index (χ4n) is 1.90. The van der Waals surface area contributed by atoms with Gasteiger partial charge in [-0.15, -0.1) is 0 Å². The quantitative estimate of drug-likeness (QED) is 0.656. The van der Waals surface area contributed by atoms with Gasteiger partial charge in [-0.05, 0) is 37.4 Å². The lowest BCUT2D eigenvalue weighted by Gasteiger charge is -2.19. The predicted octanol–water partition coefficient (Wildman–Crippen LogP) is 2.65. The molecule has 0 spiro atoms. The molecule has 0 aliphatic rings. The molecule has 0 radical (unpaired) electrons. The summed E-state index contributed by atoms with van der Waals surface area (Å²) in [5.74, 6) is 0.266. The highest BCUT2D eigenvalue weighted by Crippen LogP contribution is 2.23. The number of hydrogen-bond acceptors (Lipinski definition) is 3. The van der Waals surface area contributed by atoms with Gasteiger partial charge in [-0.25, -0.2) is 0 Å². The van der Waals surface area contributed by atoms with E-state index in [0.717, 1.165) is 18.5 Å². The Balaban J connectivity index is 2.83. The zero-order valence-corrected chi connectivity index (χ0v) is 14.1. The number of hydrogen-bond donors (Lipinski definition) is 3. The van der Waals surface area contributed by atoms with Crippen molar-refractivity contribution in [3.63, 3.8) is 0 Å². The van der Waals surface area contributed by atoms with E-state index in [-0.39, 0.29) is 12.0 Å². The molecule has 120 valence electrons. The van der Waals surface area contributed by atoms with E-state index >= 15 is 0 Å². The first-order valence-corrected chi connectivity index (χ1v) is 8.93. The lowest BCUT2D eigenvalue weighted by atomic mass is 10.1. The molecular weight excluding hydrogens is 286 g/mol. The van der Waals surface area contributed by atoms with Crippen molar-refractivity contribution in [2.45, 2.75) is 40.2 Å². The Morgan fingerprint density at radius 2 is 1.81 bits per heavy atom. The highest BCUT2D eigenvalue weighted by atomic mass is 32.2. The van der Waals surface area contributed by atoms with E-state index in [2.05, 4.69) is 21.7 Å². The third-order valence-corrected chi connectivity index (χ3v) is 4.09. The molecule has 0 aliphatic carbocycles. The minimum absolute atomic E-state index is 0.0916. The Morgan fingerprint density at radius 3 is 2.43 bits per heavy atom. The molecule has 0 aromatic heterocycles. The van der Waals surface area contributed by atoms with Crippen LogP contribution >= 0.6 is 0 Å². The van der Waals surface area contributed by atoms with Crippen LogP contribution in [0.1, 0.15) is 45.7 Å². The van der Waals surface area contributed by atoms with Crippen molar-refractivity contribution in [2.24, 2.45) is 5.92 Å². The number of rotatable bonds is 9. The molecule has 21 heavy (non-hydrogen) atoms. The van der Waals surface area contributed by atoms with Crippen LogP contribution in [0.2, 0.25) is 0 Å². The Hall–Kier alpha value is -1.11. The molecule has 5 nitrogen and oxygen atoms in total. The van der Waals surface area contributed by atoms with Crippen LogP contribution in [0, 0.1) is 5.92 Å². The summed E-state index contributed by atoms with van der Waals surface area (Å²) >= 11 is 0. The van der Waals surface area contributed by atoms with Crippen molar-refractivity contribution < 1.29 is 8.42 Å². The van der Waals surface area contributed by atoms with Crippen molar-refractivity contribution >= 4 is 15.9 Å². The van der Waals surface area contributed by atoms with Gasteiger partial charge in [-0.2, -0.15) is 13.1 Å². The smallest absolute Gasteiger partial charge is 0.299 e. The van der Waals surface area contributed by atoms with E-state index in [1.165, 1.54) is 0 Å². The summed E-state index contributed by atoms with van der Waals surface area (Å²) < 4.78 is 29.3. The van der Waals surface area contributed by atoms with Crippen LogP contribution in [0.3, 0.4) is 0 Å². The predicted molar refractivity (Wildman–Crippen MR) is 88.5 cm³/mol. The molecule has 1 atom stereocenters. The second-order valence-electron chi connectivity index (χ2n) is 5.61. The Labute approximate surface area is 128 Å². The molecule has 0 fully saturated rings. The Bertz CT molecular complexity index is 529. The van der Waals surface area contributed by atoms with Crippen LogP contribution in [0.25, 0.3) is 0 Å². The third-order valence-electron chi connectivity index (χ3n) is 3.05. The van der Waals surface area contributed by atoms with Crippen molar-refractivity contribution in [1.29, 1.82) is 0 Å². The van der Waals surface area contributed by atoms with Crippen molar-refractivity contribution in [1.82, 2.24) is 10.0 Å². The fourth-order valence-corrected chi connectivity index (χ4v) is 3.00. The normalized spacial score (nSPS) is 13.4. The van der Waals surface area contributed by atoms with Gasteiger partial charge in [0, 0.05) is 12.6 Å². The zero-order chi connectivity index (χ0) is 15.9. The maximum Gasteiger partial charge on any atom is 0.299 e. The van der Waals surface area contributed by atoms with Crippen LogP contribution < -0.4 is 14.8 Å². The number of benzene rings is 1. The molecule has 6 heteroatoms. The minimum Gasteiger partial charge on any atom is -0.310 e. The third kappa shape index (κ3) is 6.46. The summed E-state index contributed by atoms with van der Waals surface area (Å²) in [4.78, 5) is 0. The van der Waals surface area contributed by atoms with Gasteiger partial charge in [0.2, 0.25) is 0 Å². The van der Waals surface area contributed by atoms with Crippen molar-refractivity contribution in [2.75, 3.05) is 17.8 Å².